The lowest BCUT2D eigenvalue weighted by atomic mass is 9.92. The average molecular weight is 595 g/mol. The van der Waals surface area contributed by atoms with Crippen LogP contribution in [0.5, 0.6) is 0 Å². The molecule has 0 radical (unpaired) electrons. The second kappa shape index (κ2) is 14.8. The molecular weight excluding hydrogens is 548 g/mol. The van der Waals surface area contributed by atoms with E-state index in [1.165, 1.54) is 11.1 Å². The summed E-state index contributed by atoms with van der Waals surface area (Å²) in [7, 11) is 0. The SMILES string of the molecule is CC(C)CN(C1CCN(C(=O)[C@@H](Cc2ccc(Cl)cc2)NC(=O)C[C@H]2NCCc3ccccc32)CC1)N1CCNCC1. The lowest BCUT2D eigenvalue weighted by molar-refractivity contribution is -0.140. The van der Waals surface area contributed by atoms with Gasteiger partial charge in [0.25, 0.3) is 0 Å². The molecule has 2 amide bonds. The van der Waals surface area contributed by atoms with Crippen LogP contribution < -0.4 is 16.0 Å². The van der Waals surface area contributed by atoms with Crippen molar-refractivity contribution < 1.29 is 9.59 Å². The third kappa shape index (κ3) is 8.11. The standard InChI is InChI=1S/C33H47ClN6O2/c1-24(2)23-40(39-19-15-35-16-20-39)28-12-17-38(18-13-28)33(42)31(21-25-7-9-27(34)10-8-25)37-32(41)22-30-29-6-4-3-5-26(29)11-14-36-30/h3-10,24,28,30-31,35-36H,11-23H2,1-2H3,(H,37,41)/t30-,31-/m1/s1. The number of rotatable bonds is 10. The van der Waals surface area contributed by atoms with Gasteiger partial charge in [-0.1, -0.05) is 61.8 Å². The van der Waals surface area contributed by atoms with Gasteiger partial charge >= 0.3 is 0 Å². The minimum absolute atomic E-state index is 0.00587. The van der Waals surface area contributed by atoms with Crippen LogP contribution in [0.3, 0.4) is 0 Å². The number of hydrazine groups is 1. The Labute approximate surface area is 256 Å². The molecule has 3 N–H and O–H groups in total. The molecule has 0 bridgehead atoms. The first-order valence-corrected chi connectivity index (χ1v) is 16.1. The summed E-state index contributed by atoms with van der Waals surface area (Å²) in [6, 6.07) is 15.6. The van der Waals surface area contributed by atoms with E-state index >= 15 is 0 Å². The summed E-state index contributed by atoms with van der Waals surface area (Å²) in [5, 5.41) is 15.9. The first kappa shape index (κ1) is 31.0. The van der Waals surface area contributed by atoms with Crippen LogP contribution in [0.25, 0.3) is 0 Å². The van der Waals surface area contributed by atoms with Crippen LogP contribution in [0.4, 0.5) is 0 Å². The van der Waals surface area contributed by atoms with E-state index in [0.29, 0.717) is 42.9 Å². The molecule has 3 aliphatic heterocycles. The fraction of sp³-hybridized carbons (Fsp3) is 0.576. The van der Waals surface area contributed by atoms with Crippen LogP contribution >= 0.6 is 11.6 Å². The fourth-order valence-corrected chi connectivity index (χ4v) is 6.78. The van der Waals surface area contributed by atoms with Gasteiger partial charge in [-0.3, -0.25) is 9.59 Å². The van der Waals surface area contributed by atoms with Gasteiger partial charge in [0.05, 0.1) is 0 Å². The van der Waals surface area contributed by atoms with Crippen molar-refractivity contribution in [3.63, 3.8) is 0 Å². The number of halogens is 1. The van der Waals surface area contributed by atoms with Crippen LogP contribution in [0.15, 0.2) is 48.5 Å². The number of piperazine rings is 1. The van der Waals surface area contributed by atoms with Crippen molar-refractivity contribution in [1.82, 2.24) is 30.9 Å². The van der Waals surface area contributed by atoms with Gasteiger partial charge in [0.15, 0.2) is 0 Å². The average Bonchev–Trinajstić information content (AvgIpc) is 3.01. The molecule has 9 heteroatoms. The van der Waals surface area contributed by atoms with E-state index in [0.717, 1.165) is 64.1 Å². The predicted octanol–water partition coefficient (Wildman–Crippen LogP) is 3.41. The Bertz CT molecular complexity index is 1180. The zero-order valence-corrected chi connectivity index (χ0v) is 25.9. The highest BCUT2D eigenvalue weighted by atomic mass is 35.5. The Morgan fingerprint density at radius 1 is 1.00 bits per heavy atom. The number of carbonyl (C=O) groups is 2. The van der Waals surface area contributed by atoms with E-state index in [1.807, 2.05) is 35.2 Å². The number of carbonyl (C=O) groups excluding carboxylic acids is 2. The number of amides is 2. The topological polar surface area (TPSA) is 79.9 Å². The second-order valence-corrected chi connectivity index (χ2v) is 12.8. The van der Waals surface area contributed by atoms with Gasteiger partial charge in [0.1, 0.15) is 6.04 Å². The molecule has 42 heavy (non-hydrogen) atoms. The Balaban J connectivity index is 1.24. The van der Waals surface area contributed by atoms with Gasteiger partial charge in [0.2, 0.25) is 11.8 Å². The van der Waals surface area contributed by atoms with Crippen molar-refractivity contribution in [2.45, 2.75) is 64.1 Å². The quantitative estimate of drug-likeness (QED) is 0.391. The summed E-state index contributed by atoms with van der Waals surface area (Å²) in [5.74, 6) is 0.476. The first-order chi connectivity index (χ1) is 20.4. The first-order valence-electron chi connectivity index (χ1n) is 15.7. The molecule has 0 unspecified atom stereocenters. The number of benzene rings is 2. The zero-order valence-electron chi connectivity index (χ0n) is 25.2. The molecule has 0 spiro atoms. The highest BCUT2D eigenvalue weighted by Gasteiger charge is 2.34. The molecule has 2 aromatic rings. The molecule has 2 atom stereocenters. The number of fused-ring (bicyclic) bond motifs is 1. The Morgan fingerprint density at radius 2 is 1.71 bits per heavy atom. The van der Waals surface area contributed by atoms with E-state index in [4.69, 9.17) is 11.6 Å². The molecular formula is C33H47ClN6O2. The summed E-state index contributed by atoms with van der Waals surface area (Å²) >= 11 is 6.13. The fourth-order valence-electron chi connectivity index (χ4n) is 6.65. The van der Waals surface area contributed by atoms with Gasteiger partial charge in [-0.15, -0.1) is 0 Å². The Kier molecular flexibility index (Phi) is 10.9. The van der Waals surface area contributed by atoms with Crippen LogP contribution in [0.2, 0.25) is 5.02 Å². The van der Waals surface area contributed by atoms with Gasteiger partial charge in [-0.25, -0.2) is 10.0 Å². The third-order valence-electron chi connectivity index (χ3n) is 8.80. The minimum Gasteiger partial charge on any atom is -0.344 e. The van der Waals surface area contributed by atoms with E-state index in [2.05, 4.69) is 58.0 Å². The van der Waals surface area contributed by atoms with Crippen LogP contribution in [-0.2, 0) is 22.4 Å². The number of nitrogens with zero attached hydrogens (tertiary/aromatic N) is 3. The predicted molar refractivity (Wildman–Crippen MR) is 168 cm³/mol. The minimum atomic E-state index is -0.617. The summed E-state index contributed by atoms with van der Waals surface area (Å²) in [5.41, 5.74) is 3.45. The lowest BCUT2D eigenvalue weighted by Gasteiger charge is -2.46. The molecule has 2 aromatic carbocycles. The number of hydrogen-bond acceptors (Lipinski definition) is 6. The Hall–Kier alpha value is -2.49. The molecule has 3 heterocycles. The van der Waals surface area contributed by atoms with Crippen molar-refractivity contribution in [2.75, 3.05) is 52.4 Å². The number of hydrogen-bond donors (Lipinski definition) is 3. The summed E-state index contributed by atoms with van der Waals surface area (Å²) in [4.78, 5) is 29.4. The van der Waals surface area contributed by atoms with Gasteiger partial charge in [0, 0.05) is 75.8 Å². The van der Waals surface area contributed by atoms with E-state index in [9.17, 15) is 9.59 Å². The maximum Gasteiger partial charge on any atom is 0.245 e. The van der Waals surface area contributed by atoms with Crippen molar-refractivity contribution >= 4 is 23.4 Å². The largest absolute Gasteiger partial charge is 0.344 e. The van der Waals surface area contributed by atoms with Crippen LogP contribution in [-0.4, -0.2) is 91.2 Å². The highest BCUT2D eigenvalue weighted by molar-refractivity contribution is 6.30. The molecule has 0 aromatic heterocycles. The van der Waals surface area contributed by atoms with E-state index < -0.39 is 6.04 Å². The van der Waals surface area contributed by atoms with E-state index in [-0.39, 0.29) is 17.9 Å². The molecule has 228 valence electrons. The monoisotopic (exact) mass is 594 g/mol. The van der Waals surface area contributed by atoms with Gasteiger partial charge in [-0.05, 0) is 60.5 Å². The Morgan fingerprint density at radius 3 is 2.43 bits per heavy atom. The molecule has 8 nitrogen and oxygen atoms in total. The lowest BCUT2D eigenvalue weighted by Crippen LogP contribution is -2.59. The van der Waals surface area contributed by atoms with Crippen LogP contribution in [0.1, 0.15) is 55.8 Å². The van der Waals surface area contributed by atoms with Crippen molar-refractivity contribution in [3.05, 3.63) is 70.2 Å². The van der Waals surface area contributed by atoms with Crippen molar-refractivity contribution in [2.24, 2.45) is 5.92 Å². The summed E-state index contributed by atoms with van der Waals surface area (Å²) in [6.45, 7) is 11.9. The molecule has 2 saturated heterocycles. The number of likely N-dealkylation sites (tertiary alicyclic amines) is 1. The van der Waals surface area contributed by atoms with Gasteiger partial charge < -0.3 is 20.9 Å². The molecule has 5 rings (SSSR count). The number of piperidine rings is 1. The maximum atomic E-state index is 14.0. The second-order valence-electron chi connectivity index (χ2n) is 12.4. The van der Waals surface area contributed by atoms with Crippen molar-refractivity contribution in [3.8, 4) is 0 Å². The normalized spacial score (nSPS) is 20.9. The van der Waals surface area contributed by atoms with Crippen molar-refractivity contribution in [1.29, 1.82) is 0 Å². The van der Waals surface area contributed by atoms with Crippen LogP contribution in [0, 0.1) is 5.92 Å². The summed E-state index contributed by atoms with van der Waals surface area (Å²) < 4.78 is 0. The smallest absolute Gasteiger partial charge is 0.245 e. The maximum absolute atomic E-state index is 14.0. The number of nitrogens with one attached hydrogen (secondary N) is 3. The molecule has 0 aliphatic carbocycles. The van der Waals surface area contributed by atoms with E-state index in [1.54, 1.807) is 0 Å². The third-order valence-corrected chi connectivity index (χ3v) is 9.05. The molecule has 0 saturated carbocycles. The summed E-state index contributed by atoms with van der Waals surface area (Å²) in [6.07, 6.45) is 3.58. The highest BCUT2D eigenvalue weighted by Crippen LogP contribution is 2.26. The van der Waals surface area contributed by atoms with Gasteiger partial charge in [-0.2, -0.15) is 0 Å². The molecule has 2 fully saturated rings. The zero-order chi connectivity index (χ0) is 29.5. The molecule has 3 aliphatic rings.